The number of aliphatic hydroxyl groups excluding tert-OH is 4. The lowest BCUT2D eigenvalue weighted by Crippen LogP contribution is -2.61. The molecule has 2 fully saturated rings. The second-order valence-electron chi connectivity index (χ2n) is 9.49. The zero-order valence-corrected chi connectivity index (χ0v) is 21.2. The Kier molecular flexibility index (Phi) is 9.23. The molecule has 0 spiro atoms. The van der Waals surface area contributed by atoms with Crippen LogP contribution in [0.5, 0.6) is 5.75 Å². The van der Waals surface area contributed by atoms with Crippen molar-refractivity contribution in [2.75, 3.05) is 13.7 Å². The van der Waals surface area contributed by atoms with E-state index in [4.69, 9.17) is 28.4 Å². The number of aromatic hydroxyl groups is 1. The maximum Gasteiger partial charge on any atom is 0.337 e. The largest absolute Gasteiger partial charge is 0.508 e. The van der Waals surface area contributed by atoms with Gasteiger partial charge in [-0.25, -0.2) is 9.59 Å². The summed E-state index contributed by atoms with van der Waals surface area (Å²) in [5.41, 5.74) is 0.816. The number of carbonyl (C=O) groups excluding carboxylic acids is 2. The predicted molar refractivity (Wildman–Crippen MR) is 129 cm³/mol. The quantitative estimate of drug-likeness (QED) is 0.216. The topological polar surface area (TPSA) is 191 Å². The second-order valence-corrected chi connectivity index (χ2v) is 9.49. The molecule has 1 aromatic rings. The van der Waals surface area contributed by atoms with Crippen molar-refractivity contribution in [3.63, 3.8) is 0 Å². The van der Waals surface area contributed by atoms with Gasteiger partial charge in [-0.2, -0.15) is 0 Å². The second kappa shape index (κ2) is 12.4. The molecule has 0 amide bonds. The number of hydrogen-bond donors (Lipinski definition) is 5. The molecule has 0 aromatic heterocycles. The number of hydrogen-bond acceptors (Lipinski definition) is 13. The molecule has 0 saturated carbocycles. The van der Waals surface area contributed by atoms with Crippen LogP contribution in [0.3, 0.4) is 0 Å². The molecule has 0 radical (unpaired) electrons. The van der Waals surface area contributed by atoms with Crippen molar-refractivity contribution in [1.29, 1.82) is 0 Å². The van der Waals surface area contributed by atoms with Crippen molar-refractivity contribution in [1.82, 2.24) is 0 Å². The summed E-state index contributed by atoms with van der Waals surface area (Å²) in [6.07, 6.45) is -6.89. The van der Waals surface area contributed by atoms with Gasteiger partial charge in [0.1, 0.15) is 36.8 Å². The van der Waals surface area contributed by atoms with E-state index in [1.54, 1.807) is 19.1 Å². The number of rotatable bonds is 7. The van der Waals surface area contributed by atoms with Gasteiger partial charge in [0.15, 0.2) is 12.6 Å². The Hall–Kier alpha value is -3.04. The van der Waals surface area contributed by atoms with Gasteiger partial charge in [0.25, 0.3) is 0 Å². The first-order valence-corrected chi connectivity index (χ1v) is 12.4. The molecule has 5 N–H and O–H groups in total. The highest BCUT2D eigenvalue weighted by atomic mass is 16.8. The minimum absolute atomic E-state index is 0.0603. The fourth-order valence-corrected chi connectivity index (χ4v) is 4.86. The molecule has 4 rings (SSSR count). The third kappa shape index (κ3) is 6.58. The first-order chi connectivity index (χ1) is 18.6. The number of aliphatic hydroxyl groups is 4. The SMILES string of the molecule is COC(=O)C1=CO[C@H](O[C@@H]2O[C@H](COC(=O)C=Cc3ccc(O)cc3)[C@@H](O)[C@H](O)[C@H]2O)[C@H]2[C@H](C)O[C@H](O)C[C@H]12. The number of phenolic OH excluding ortho intramolecular Hbond substituents is 1. The minimum Gasteiger partial charge on any atom is -0.508 e. The highest BCUT2D eigenvalue weighted by Crippen LogP contribution is 2.42. The summed E-state index contributed by atoms with van der Waals surface area (Å²) in [7, 11) is 1.22. The van der Waals surface area contributed by atoms with E-state index >= 15 is 0 Å². The first kappa shape index (κ1) is 29.0. The molecule has 13 nitrogen and oxygen atoms in total. The average molecular weight is 553 g/mol. The summed E-state index contributed by atoms with van der Waals surface area (Å²) in [5.74, 6) is -2.52. The van der Waals surface area contributed by atoms with Crippen molar-refractivity contribution < 1.29 is 63.5 Å². The lowest BCUT2D eigenvalue weighted by molar-refractivity contribution is -0.352. The van der Waals surface area contributed by atoms with Crippen LogP contribution in [0.4, 0.5) is 0 Å². The summed E-state index contributed by atoms with van der Waals surface area (Å²) in [6.45, 7) is 1.18. The van der Waals surface area contributed by atoms with E-state index in [0.29, 0.717) is 5.56 Å². The van der Waals surface area contributed by atoms with Gasteiger partial charge in [-0.05, 0) is 30.7 Å². The number of methoxy groups -OCH3 is 1. The molecule has 1 aromatic carbocycles. The number of fused-ring (bicyclic) bond motifs is 1. The van der Waals surface area contributed by atoms with Gasteiger partial charge < -0.3 is 54.0 Å². The molecule has 214 valence electrons. The van der Waals surface area contributed by atoms with Crippen LogP contribution in [-0.2, 0) is 38.0 Å². The van der Waals surface area contributed by atoms with E-state index in [2.05, 4.69) is 0 Å². The predicted octanol–water partition coefficient (Wildman–Crippen LogP) is -0.454. The summed E-state index contributed by atoms with van der Waals surface area (Å²) in [6, 6.07) is 6.09. The van der Waals surface area contributed by atoms with Crippen molar-refractivity contribution in [2.24, 2.45) is 11.8 Å². The van der Waals surface area contributed by atoms with Crippen LogP contribution in [-0.4, -0.2) is 101 Å². The summed E-state index contributed by atoms with van der Waals surface area (Å²) in [4.78, 5) is 24.4. The van der Waals surface area contributed by atoms with Gasteiger partial charge >= 0.3 is 11.9 Å². The van der Waals surface area contributed by atoms with Gasteiger partial charge in [0, 0.05) is 18.4 Å². The number of benzene rings is 1. The van der Waals surface area contributed by atoms with Gasteiger partial charge in [0.2, 0.25) is 6.29 Å². The Morgan fingerprint density at radius 3 is 2.44 bits per heavy atom. The van der Waals surface area contributed by atoms with E-state index < -0.39 is 79.8 Å². The van der Waals surface area contributed by atoms with Crippen molar-refractivity contribution >= 4 is 18.0 Å². The summed E-state index contributed by atoms with van der Waals surface area (Å²) < 4.78 is 32.6. The molecule has 0 bridgehead atoms. The molecule has 39 heavy (non-hydrogen) atoms. The average Bonchev–Trinajstić information content (AvgIpc) is 2.91. The molecule has 3 aliphatic rings. The van der Waals surface area contributed by atoms with Gasteiger partial charge in [0.05, 0.1) is 31.0 Å². The third-order valence-corrected chi connectivity index (χ3v) is 6.93. The highest BCUT2D eigenvalue weighted by Gasteiger charge is 2.51. The Morgan fingerprint density at radius 1 is 1.03 bits per heavy atom. The van der Waals surface area contributed by atoms with Gasteiger partial charge in [-0.3, -0.25) is 0 Å². The molecular formula is C26H32O13. The molecule has 0 unspecified atom stereocenters. The maximum absolute atomic E-state index is 12.3. The minimum atomic E-state index is -1.71. The van der Waals surface area contributed by atoms with E-state index in [0.717, 1.165) is 12.3 Å². The van der Waals surface area contributed by atoms with Crippen molar-refractivity contribution in [3.05, 3.63) is 47.7 Å². The normalized spacial score (nSPS) is 36.4. The summed E-state index contributed by atoms with van der Waals surface area (Å²) >= 11 is 0. The molecule has 3 aliphatic heterocycles. The maximum atomic E-state index is 12.3. The van der Waals surface area contributed by atoms with Crippen LogP contribution in [0.1, 0.15) is 18.9 Å². The Balaban J connectivity index is 1.42. The molecule has 3 heterocycles. The van der Waals surface area contributed by atoms with Crippen LogP contribution >= 0.6 is 0 Å². The zero-order chi connectivity index (χ0) is 28.3. The van der Waals surface area contributed by atoms with Crippen LogP contribution in [0, 0.1) is 11.8 Å². The van der Waals surface area contributed by atoms with Crippen LogP contribution in [0.2, 0.25) is 0 Å². The fraction of sp³-hybridized carbons (Fsp3) is 0.538. The third-order valence-electron chi connectivity index (χ3n) is 6.93. The van der Waals surface area contributed by atoms with E-state index in [-0.39, 0.29) is 17.7 Å². The van der Waals surface area contributed by atoms with E-state index in [9.17, 15) is 35.1 Å². The number of phenols is 1. The number of ether oxygens (including phenoxy) is 6. The highest BCUT2D eigenvalue weighted by molar-refractivity contribution is 5.89. The standard InChI is InChI=1S/C26H32O13/c1-12-20-15(9-19(29)37-12)16(24(33)34-2)10-36-25(20)39-26-23(32)22(31)21(30)17(38-26)11-35-18(28)8-5-13-3-6-14(27)7-4-13/h3-8,10,12,15,17,19-23,25-27,29-32H,9,11H2,1-2H3/t12-,15+,17+,19-,20-,21+,22-,23+,25+,26-/m0/s1. The lowest BCUT2D eigenvalue weighted by atomic mass is 9.77. The van der Waals surface area contributed by atoms with Gasteiger partial charge in [-0.15, -0.1) is 0 Å². The Morgan fingerprint density at radius 2 is 1.74 bits per heavy atom. The van der Waals surface area contributed by atoms with E-state index in [1.165, 1.54) is 25.3 Å². The number of esters is 2. The molecule has 13 heteroatoms. The molecule has 0 aliphatic carbocycles. The van der Waals surface area contributed by atoms with Crippen LogP contribution in [0.15, 0.2) is 42.2 Å². The van der Waals surface area contributed by atoms with Crippen molar-refractivity contribution in [3.8, 4) is 5.75 Å². The number of carbonyl (C=O) groups is 2. The molecule has 10 atom stereocenters. The van der Waals surface area contributed by atoms with Gasteiger partial charge in [-0.1, -0.05) is 12.1 Å². The fourth-order valence-electron chi connectivity index (χ4n) is 4.86. The Bertz CT molecular complexity index is 1070. The smallest absolute Gasteiger partial charge is 0.337 e. The van der Waals surface area contributed by atoms with Crippen LogP contribution in [0.25, 0.3) is 6.08 Å². The Labute approximate surface area is 223 Å². The monoisotopic (exact) mass is 552 g/mol. The first-order valence-electron chi connectivity index (χ1n) is 12.4. The zero-order valence-electron chi connectivity index (χ0n) is 21.2. The van der Waals surface area contributed by atoms with Crippen molar-refractivity contribution in [2.45, 2.75) is 62.7 Å². The summed E-state index contributed by atoms with van der Waals surface area (Å²) in [5, 5.41) is 50.8. The molecule has 2 saturated heterocycles. The lowest BCUT2D eigenvalue weighted by Gasteiger charge is -2.47. The van der Waals surface area contributed by atoms with E-state index in [1.807, 2.05) is 0 Å². The van der Waals surface area contributed by atoms with Crippen LogP contribution < -0.4 is 0 Å². The molecular weight excluding hydrogens is 520 g/mol.